The first kappa shape index (κ1) is 23.8. The van der Waals surface area contributed by atoms with Crippen LogP contribution in [-0.4, -0.2) is 46.5 Å². The summed E-state index contributed by atoms with van der Waals surface area (Å²) >= 11 is 0. The molecule has 0 fully saturated rings. The van der Waals surface area contributed by atoms with Crippen molar-refractivity contribution >= 4 is 23.6 Å². The van der Waals surface area contributed by atoms with E-state index in [0.29, 0.717) is 22.3 Å². The van der Waals surface area contributed by atoms with E-state index in [1.165, 1.54) is 9.80 Å². The minimum atomic E-state index is -1.60. The van der Waals surface area contributed by atoms with Crippen LogP contribution in [0.15, 0.2) is 84.9 Å². The van der Waals surface area contributed by atoms with Crippen LogP contribution in [-0.2, 0) is 20.4 Å². The van der Waals surface area contributed by atoms with Crippen molar-refractivity contribution in [2.45, 2.75) is 36.5 Å². The van der Waals surface area contributed by atoms with Gasteiger partial charge in [-0.1, -0.05) is 72.8 Å². The molecule has 0 saturated heterocycles. The van der Waals surface area contributed by atoms with Crippen LogP contribution in [0.25, 0.3) is 0 Å². The molecule has 4 atom stereocenters. The molecule has 4 bridgehead atoms. The number of carbonyl (C=O) groups excluding carboxylic acids is 4. The van der Waals surface area contributed by atoms with Crippen LogP contribution in [0.4, 0.5) is 0 Å². The highest BCUT2D eigenvalue weighted by molar-refractivity contribution is 6.24. The van der Waals surface area contributed by atoms with E-state index in [0.717, 1.165) is 33.4 Å². The van der Waals surface area contributed by atoms with Gasteiger partial charge in [0.25, 0.3) is 11.8 Å². The van der Waals surface area contributed by atoms with Gasteiger partial charge in [-0.05, 0) is 70.5 Å². The number of imide groups is 2. The van der Waals surface area contributed by atoms with Crippen molar-refractivity contribution in [3.05, 3.63) is 141 Å². The first-order valence-electron chi connectivity index (χ1n) is 14.6. The van der Waals surface area contributed by atoms with E-state index < -0.39 is 22.6 Å². The standard InChI is InChI=1S/C36H26N2O4/c1-3-37-31(39)23-15-9-13-21-27-19-11-5-7-17-25(19)35(29(21)23,33(37)41)36-26-18-8-6-12-20(26)28(27)22-14-10-16-24(30(22)36)32(40)38(4-2)34(36)42/h5-18,27-28H,3-4H2,1-2H3/t27-,28-,35+,36+/m0/s1. The van der Waals surface area contributed by atoms with Gasteiger partial charge in [0.05, 0.1) is 0 Å². The van der Waals surface area contributed by atoms with Gasteiger partial charge in [-0.15, -0.1) is 0 Å². The van der Waals surface area contributed by atoms with Gasteiger partial charge in [-0.25, -0.2) is 0 Å². The maximum atomic E-state index is 15.5. The Morgan fingerprint density at radius 1 is 0.524 bits per heavy atom. The Kier molecular flexibility index (Phi) is 4.26. The zero-order chi connectivity index (χ0) is 28.7. The number of hydrogen-bond donors (Lipinski definition) is 0. The smallest absolute Gasteiger partial charge is 0.260 e. The van der Waals surface area contributed by atoms with Crippen LogP contribution >= 0.6 is 0 Å². The normalized spacial score (nSPS) is 27.3. The number of rotatable bonds is 2. The molecule has 2 heterocycles. The van der Waals surface area contributed by atoms with Gasteiger partial charge in [-0.3, -0.25) is 29.0 Å². The van der Waals surface area contributed by atoms with Crippen molar-refractivity contribution in [2.24, 2.45) is 0 Å². The first-order chi connectivity index (χ1) is 20.5. The van der Waals surface area contributed by atoms with Crippen LogP contribution in [0.2, 0.25) is 0 Å². The zero-order valence-corrected chi connectivity index (χ0v) is 23.2. The fourth-order valence-corrected chi connectivity index (χ4v) is 9.39. The molecule has 6 heteroatoms. The molecule has 8 aliphatic rings. The quantitative estimate of drug-likeness (QED) is 0.334. The molecular weight excluding hydrogens is 524 g/mol. The van der Waals surface area contributed by atoms with E-state index in [4.69, 9.17) is 0 Å². The number of nitrogens with zero attached hydrogens (tertiary/aromatic N) is 2. The molecule has 2 spiro atoms. The van der Waals surface area contributed by atoms with Crippen molar-refractivity contribution in [2.75, 3.05) is 13.1 Å². The third-order valence-electron chi connectivity index (χ3n) is 10.6. The highest BCUT2D eigenvalue weighted by atomic mass is 16.2. The highest BCUT2D eigenvalue weighted by Gasteiger charge is 2.76. The summed E-state index contributed by atoms with van der Waals surface area (Å²) in [6, 6.07) is 27.4. The Bertz CT molecular complexity index is 1850. The molecule has 0 saturated carbocycles. The monoisotopic (exact) mass is 550 g/mol. The summed E-state index contributed by atoms with van der Waals surface area (Å²) in [5, 5.41) is 0. The molecule has 0 N–H and O–H groups in total. The van der Waals surface area contributed by atoms with Gasteiger partial charge >= 0.3 is 0 Å². The highest BCUT2D eigenvalue weighted by Crippen LogP contribution is 2.71. The summed E-state index contributed by atoms with van der Waals surface area (Å²) in [5.74, 6) is -1.94. The Balaban J connectivity index is 1.65. The summed E-state index contributed by atoms with van der Waals surface area (Å²) in [6.07, 6.45) is 0. The lowest BCUT2D eigenvalue weighted by molar-refractivity contribution is -0.146. The fourth-order valence-electron chi connectivity index (χ4n) is 9.39. The molecule has 42 heavy (non-hydrogen) atoms. The molecular formula is C36H26N2O4. The van der Waals surface area contributed by atoms with E-state index >= 15 is 9.59 Å². The molecule has 4 aromatic carbocycles. The first-order valence-corrected chi connectivity index (χ1v) is 14.6. The number of likely N-dealkylation sites (N-methyl/N-ethyl adjacent to an activating group) is 2. The second-order valence-corrected chi connectivity index (χ2v) is 11.9. The molecule has 2 aliphatic heterocycles. The molecule has 0 unspecified atom stereocenters. The third kappa shape index (κ3) is 2.15. The Labute approximate surface area is 242 Å². The number of amides is 4. The maximum absolute atomic E-state index is 15.5. The van der Waals surface area contributed by atoms with Crippen LogP contribution < -0.4 is 0 Å². The largest absolute Gasteiger partial charge is 0.278 e. The van der Waals surface area contributed by atoms with E-state index in [-0.39, 0.29) is 36.7 Å². The van der Waals surface area contributed by atoms with Gasteiger partial charge in [0.2, 0.25) is 11.8 Å². The fraction of sp³-hybridized carbons (Fsp3) is 0.222. The average Bonchev–Trinajstić information content (AvgIpc) is 3.01. The topological polar surface area (TPSA) is 74.8 Å². The predicted octanol–water partition coefficient (Wildman–Crippen LogP) is 4.87. The molecule has 204 valence electrons. The van der Waals surface area contributed by atoms with E-state index in [1.807, 2.05) is 60.7 Å². The van der Waals surface area contributed by atoms with Gasteiger partial charge in [0.15, 0.2) is 0 Å². The number of hydrogen-bond acceptors (Lipinski definition) is 4. The summed E-state index contributed by atoms with van der Waals surface area (Å²) in [5.41, 5.74) is 4.28. The van der Waals surface area contributed by atoms with Crippen LogP contribution in [0, 0.1) is 0 Å². The summed E-state index contributed by atoms with van der Waals surface area (Å²) < 4.78 is 0. The van der Waals surface area contributed by atoms with Gasteiger partial charge < -0.3 is 0 Å². The second-order valence-electron chi connectivity index (χ2n) is 11.9. The molecule has 6 aliphatic carbocycles. The molecule has 4 aromatic rings. The molecule has 6 nitrogen and oxygen atoms in total. The van der Waals surface area contributed by atoms with Crippen LogP contribution in [0.5, 0.6) is 0 Å². The summed E-state index contributed by atoms with van der Waals surface area (Å²) in [7, 11) is 0. The van der Waals surface area contributed by atoms with Crippen LogP contribution in [0.3, 0.4) is 0 Å². The van der Waals surface area contributed by atoms with Crippen molar-refractivity contribution < 1.29 is 19.2 Å². The van der Waals surface area contributed by atoms with Gasteiger partial charge in [0.1, 0.15) is 10.8 Å². The molecule has 0 radical (unpaired) electrons. The summed E-state index contributed by atoms with van der Waals surface area (Å²) in [4.78, 5) is 61.8. The molecule has 0 aromatic heterocycles. The number of carbonyl (C=O) groups is 4. The maximum Gasteiger partial charge on any atom is 0.260 e. The predicted molar refractivity (Wildman–Crippen MR) is 154 cm³/mol. The van der Waals surface area contributed by atoms with E-state index in [1.54, 1.807) is 26.0 Å². The average molecular weight is 551 g/mol. The van der Waals surface area contributed by atoms with E-state index in [2.05, 4.69) is 12.1 Å². The Morgan fingerprint density at radius 2 is 0.905 bits per heavy atom. The minimum Gasteiger partial charge on any atom is -0.278 e. The van der Waals surface area contributed by atoms with Crippen molar-refractivity contribution in [1.82, 2.24) is 9.80 Å². The van der Waals surface area contributed by atoms with Gasteiger partial charge in [-0.2, -0.15) is 0 Å². The summed E-state index contributed by atoms with van der Waals surface area (Å²) in [6.45, 7) is 3.92. The number of benzene rings is 4. The lowest BCUT2D eigenvalue weighted by Crippen LogP contribution is -2.74. The second kappa shape index (κ2) is 7.51. The Hall–Kier alpha value is -4.84. The molecule has 4 amide bonds. The third-order valence-corrected chi connectivity index (χ3v) is 10.6. The SMILES string of the molecule is CCN1C(=O)c2cccc3c2[C@@]2(C1=O)c1ccccc1[C@@H]3[C@H]1c3ccccc3[C@@]23C(=O)N(CC)C(=O)c2cccc1c23. The lowest BCUT2D eigenvalue weighted by atomic mass is 9.38. The van der Waals surface area contributed by atoms with Crippen molar-refractivity contribution in [3.8, 4) is 0 Å². The Morgan fingerprint density at radius 3 is 1.31 bits per heavy atom. The minimum absolute atomic E-state index is 0.161. The zero-order valence-electron chi connectivity index (χ0n) is 23.2. The molecule has 12 rings (SSSR count). The van der Waals surface area contributed by atoms with Crippen LogP contribution in [0.1, 0.15) is 90.9 Å². The van der Waals surface area contributed by atoms with Crippen molar-refractivity contribution in [3.63, 3.8) is 0 Å². The van der Waals surface area contributed by atoms with Crippen molar-refractivity contribution in [1.29, 1.82) is 0 Å². The lowest BCUT2D eigenvalue weighted by Gasteiger charge is -2.63. The van der Waals surface area contributed by atoms with Gasteiger partial charge in [0, 0.05) is 36.1 Å². The van der Waals surface area contributed by atoms with E-state index in [9.17, 15) is 9.59 Å².